The molecule has 3 aromatic heterocycles. The fourth-order valence-electron chi connectivity index (χ4n) is 10.8. The van der Waals surface area contributed by atoms with Crippen LogP contribution >= 0.6 is 11.3 Å². The van der Waals surface area contributed by atoms with E-state index in [9.17, 15) is 0 Å². The molecule has 0 spiro atoms. The Bertz CT molecular complexity index is 3730. The third-order valence-electron chi connectivity index (χ3n) is 14.1. The molecule has 1 atom stereocenters. The average molecular weight is 867 g/mol. The largest absolute Gasteiger partial charge is 0.310 e. The van der Waals surface area contributed by atoms with Crippen LogP contribution in [-0.2, 0) is 5.41 Å². The van der Waals surface area contributed by atoms with Crippen LogP contribution in [0.3, 0.4) is 0 Å². The molecule has 0 N–H and O–H groups in total. The van der Waals surface area contributed by atoms with Crippen molar-refractivity contribution in [2.24, 2.45) is 0 Å². The summed E-state index contributed by atoms with van der Waals surface area (Å²) in [6.45, 7) is 4.74. The molecule has 13 rings (SSSR count). The van der Waals surface area contributed by atoms with Crippen LogP contribution in [0.2, 0.25) is 0 Å². The Kier molecular flexibility index (Phi) is 8.97. The van der Waals surface area contributed by atoms with Gasteiger partial charge < -0.3 is 4.90 Å². The van der Waals surface area contributed by atoms with Crippen LogP contribution in [0.5, 0.6) is 0 Å². The molecule has 7 aromatic carbocycles. The van der Waals surface area contributed by atoms with Gasteiger partial charge in [-0.25, -0.2) is 9.97 Å². The Morgan fingerprint density at radius 2 is 1.39 bits per heavy atom. The average Bonchev–Trinajstić information content (AvgIpc) is 3.92. The summed E-state index contributed by atoms with van der Waals surface area (Å²) in [5, 5.41) is 4.96. The molecular formula is C61H46N4S. The van der Waals surface area contributed by atoms with Gasteiger partial charge in [0.1, 0.15) is 0 Å². The number of fused-ring (bicyclic) bond motifs is 8. The van der Waals surface area contributed by atoms with Gasteiger partial charge >= 0.3 is 0 Å². The molecule has 1 unspecified atom stereocenters. The van der Waals surface area contributed by atoms with Gasteiger partial charge in [-0.05, 0) is 119 Å². The maximum atomic E-state index is 5.51. The van der Waals surface area contributed by atoms with E-state index >= 15 is 0 Å². The number of anilines is 3. The van der Waals surface area contributed by atoms with Crippen molar-refractivity contribution in [1.82, 2.24) is 14.5 Å². The highest BCUT2D eigenvalue weighted by Crippen LogP contribution is 2.54. The van der Waals surface area contributed by atoms with Crippen LogP contribution in [0.1, 0.15) is 61.5 Å². The lowest BCUT2D eigenvalue weighted by Gasteiger charge is -2.42. The second kappa shape index (κ2) is 15.3. The number of hydrogen-bond donors (Lipinski definition) is 0. The first-order chi connectivity index (χ1) is 32.5. The zero-order valence-electron chi connectivity index (χ0n) is 36.9. The number of aromatic nitrogens is 3. The first kappa shape index (κ1) is 38.8. The summed E-state index contributed by atoms with van der Waals surface area (Å²) in [5.41, 5.74) is 16.0. The van der Waals surface area contributed by atoms with Gasteiger partial charge in [-0.3, -0.25) is 4.57 Å². The minimum atomic E-state index is -0.291. The maximum absolute atomic E-state index is 5.51. The first-order valence-corrected chi connectivity index (χ1v) is 24.0. The van der Waals surface area contributed by atoms with Crippen LogP contribution in [0.4, 0.5) is 17.1 Å². The molecule has 0 saturated heterocycles. The Morgan fingerprint density at radius 3 is 2.27 bits per heavy atom. The number of thiophene rings is 1. The molecule has 3 aliphatic rings. The van der Waals surface area contributed by atoms with Gasteiger partial charge in [0.2, 0.25) is 5.95 Å². The van der Waals surface area contributed by atoms with E-state index in [1.165, 1.54) is 75.7 Å². The summed E-state index contributed by atoms with van der Waals surface area (Å²) in [7, 11) is 0. The van der Waals surface area contributed by atoms with Gasteiger partial charge in [0.15, 0.2) is 0 Å². The minimum absolute atomic E-state index is 0.164. The summed E-state index contributed by atoms with van der Waals surface area (Å²) in [5.74, 6) is 0.863. The van der Waals surface area contributed by atoms with Gasteiger partial charge in [0.25, 0.3) is 0 Å². The lowest BCUT2D eigenvalue weighted by atomic mass is 9.73. The zero-order valence-corrected chi connectivity index (χ0v) is 37.8. The predicted octanol–water partition coefficient (Wildman–Crippen LogP) is 16.7. The summed E-state index contributed by atoms with van der Waals surface area (Å²) < 4.78 is 4.99. The van der Waals surface area contributed by atoms with Crippen LogP contribution in [0.25, 0.3) is 75.8 Å². The van der Waals surface area contributed by atoms with E-state index in [1.807, 2.05) is 11.3 Å². The quantitative estimate of drug-likeness (QED) is 0.167. The van der Waals surface area contributed by atoms with Crippen molar-refractivity contribution in [3.63, 3.8) is 0 Å². The lowest BCUT2D eigenvalue weighted by molar-refractivity contribution is 0.632. The van der Waals surface area contributed by atoms with Gasteiger partial charge in [0, 0.05) is 48.0 Å². The van der Waals surface area contributed by atoms with Crippen molar-refractivity contribution in [2.75, 3.05) is 4.90 Å². The van der Waals surface area contributed by atoms with Crippen molar-refractivity contribution < 1.29 is 0 Å². The Hall–Kier alpha value is -7.60. The van der Waals surface area contributed by atoms with Gasteiger partial charge in [-0.15, -0.1) is 11.3 Å². The molecule has 2 aliphatic carbocycles. The van der Waals surface area contributed by atoms with E-state index in [0.717, 1.165) is 52.9 Å². The third-order valence-corrected chi connectivity index (χ3v) is 15.3. The number of para-hydroxylation sites is 2. The predicted molar refractivity (Wildman–Crippen MR) is 279 cm³/mol. The van der Waals surface area contributed by atoms with Crippen LogP contribution in [-0.4, -0.2) is 14.5 Å². The van der Waals surface area contributed by atoms with E-state index in [-0.39, 0.29) is 11.3 Å². The molecule has 5 heteroatoms. The standard InChI is InChI=1S/C61H46N4S/c1-61(2)50-29-13-14-30-55(50)64(44-24-10-5-11-25-44)57-36-49-48-35-42(41-22-16-23-43(34-41)45-27-17-28-47-46-26-12-15-31-58(46)66-59(45)47)32-33-54(48)65(56(49)37-51(57)61)60-62-52(39-18-6-3-7-19-39)38-53(63-60)40-20-8-4-9-21-40/h3,5-8,10-18,20-39H,4,9,19H2,1-2H3. The molecule has 1 aliphatic heterocycles. The second-order valence-corrected chi connectivity index (χ2v) is 19.5. The van der Waals surface area contributed by atoms with Gasteiger partial charge in [0.05, 0.1) is 33.8 Å². The highest BCUT2D eigenvalue weighted by atomic mass is 32.1. The van der Waals surface area contributed by atoms with E-state index in [4.69, 9.17) is 9.97 Å². The van der Waals surface area contributed by atoms with Crippen molar-refractivity contribution in [2.45, 2.75) is 44.4 Å². The number of hydrogen-bond acceptors (Lipinski definition) is 4. The Balaban J connectivity index is 1.06. The highest BCUT2D eigenvalue weighted by Gasteiger charge is 2.38. The van der Waals surface area contributed by atoms with Crippen molar-refractivity contribution in [3.8, 4) is 28.2 Å². The minimum Gasteiger partial charge on any atom is -0.310 e. The van der Waals surface area contributed by atoms with E-state index < -0.39 is 0 Å². The molecular weight excluding hydrogens is 821 g/mol. The summed E-state index contributed by atoms with van der Waals surface area (Å²) in [6.07, 6.45) is 18.6. The highest BCUT2D eigenvalue weighted by molar-refractivity contribution is 7.26. The van der Waals surface area contributed by atoms with Gasteiger partial charge in [-0.1, -0.05) is 153 Å². The normalized spacial score (nSPS) is 16.3. The lowest BCUT2D eigenvalue weighted by Crippen LogP contribution is -2.30. The molecule has 0 saturated carbocycles. The van der Waals surface area contributed by atoms with Crippen LogP contribution < -0.4 is 4.90 Å². The molecule has 4 nitrogen and oxygen atoms in total. The molecule has 4 heterocycles. The summed E-state index contributed by atoms with van der Waals surface area (Å²) in [6, 6.07) is 58.4. The molecule has 0 fully saturated rings. The molecule has 66 heavy (non-hydrogen) atoms. The molecule has 0 bridgehead atoms. The number of nitrogens with zero attached hydrogens (tertiary/aromatic N) is 4. The molecule has 10 aromatic rings. The third kappa shape index (κ3) is 6.18. The Morgan fingerprint density at radius 1 is 0.591 bits per heavy atom. The second-order valence-electron chi connectivity index (χ2n) is 18.4. The number of allylic oxidation sites excluding steroid dienone is 8. The molecule has 316 valence electrons. The van der Waals surface area contributed by atoms with Crippen LogP contribution in [0, 0.1) is 0 Å². The van der Waals surface area contributed by atoms with E-state index in [2.05, 4.69) is 224 Å². The smallest absolute Gasteiger partial charge is 0.235 e. The van der Waals surface area contributed by atoms with Crippen molar-refractivity contribution in [1.29, 1.82) is 0 Å². The number of rotatable bonds is 6. The zero-order chi connectivity index (χ0) is 43.9. The van der Waals surface area contributed by atoms with E-state index in [1.54, 1.807) is 0 Å². The topological polar surface area (TPSA) is 34.0 Å². The fraction of sp³-hybridized carbons (Fsp3) is 0.115. The maximum Gasteiger partial charge on any atom is 0.235 e. The summed E-state index contributed by atoms with van der Waals surface area (Å²) >= 11 is 1.88. The van der Waals surface area contributed by atoms with Crippen molar-refractivity contribution in [3.05, 3.63) is 223 Å². The van der Waals surface area contributed by atoms with E-state index in [0.29, 0.717) is 5.95 Å². The molecule has 0 radical (unpaired) electrons. The molecule has 0 amide bonds. The monoisotopic (exact) mass is 866 g/mol. The Labute approximate surface area is 388 Å². The first-order valence-electron chi connectivity index (χ1n) is 23.2. The fourth-order valence-corrected chi connectivity index (χ4v) is 12.0. The summed E-state index contributed by atoms with van der Waals surface area (Å²) in [4.78, 5) is 13.5. The SMILES string of the molecule is CC1(C)c2ccccc2N(c2ccccc2)c2cc3c4cc(-c5cccc(-c6cccc7c6sc6ccccc67)c5)ccc4n(-c4nc(C5=CCCC=C5)cc(C5C=CC=CC5)n4)c3cc21. The van der Waals surface area contributed by atoms with Crippen LogP contribution in [0.15, 0.2) is 200 Å². The number of benzene rings is 7. The van der Waals surface area contributed by atoms with Crippen molar-refractivity contribution >= 4 is 76.0 Å². The van der Waals surface area contributed by atoms with Gasteiger partial charge in [-0.2, -0.15) is 0 Å².